The summed E-state index contributed by atoms with van der Waals surface area (Å²) in [6, 6.07) is 11.1. The van der Waals surface area contributed by atoms with Gasteiger partial charge in [-0.25, -0.2) is 13.4 Å². The summed E-state index contributed by atoms with van der Waals surface area (Å²) in [5.41, 5.74) is 2.48. The largest absolute Gasteiger partial charge is 0.354 e. The van der Waals surface area contributed by atoms with E-state index in [9.17, 15) is 8.42 Å². The molecule has 1 aromatic carbocycles. The summed E-state index contributed by atoms with van der Waals surface area (Å²) in [6.07, 6.45) is 1.76. The second-order valence-corrected chi connectivity index (χ2v) is 11.0. The number of piperazine rings is 1. The normalized spacial score (nSPS) is 15.0. The zero-order valence-electron chi connectivity index (χ0n) is 16.0. The summed E-state index contributed by atoms with van der Waals surface area (Å²) in [5, 5.41) is 10.2. The van der Waals surface area contributed by atoms with E-state index in [1.165, 1.54) is 22.9 Å². The molecule has 0 aliphatic carbocycles. The number of hydrogen-bond donors (Lipinski definition) is 1. The molecule has 0 unspecified atom stereocenters. The maximum absolute atomic E-state index is 13.1. The number of pyridine rings is 1. The molecular weight excluding hydrogens is 438 g/mol. The first kappa shape index (κ1) is 19.6. The van der Waals surface area contributed by atoms with Crippen LogP contribution in [0.1, 0.15) is 5.56 Å². The van der Waals surface area contributed by atoms with Crippen molar-refractivity contribution in [3.8, 4) is 11.3 Å². The van der Waals surface area contributed by atoms with Gasteiger partial charge in [-0.05, 0) is 29.2 Å². The number of hydrogen-bond acceptors (Lipinski definition) is 9. The van der Waals surface area contributed by atoms with Crippen LogP contribution in [0.4, 0.5) is 5.82 Å². The Hall–Kier alpha value is -2.40. The molecule has 1 N–H and O–H groups in total. The molecule has 3 aromatic heterocycles. The highest BCUT2D eigenvalue weighted by atomic mass is 32.2. The lowest BCUT2D eigenvalue weighted by Gasteiger charge is -2.28. The van der Waals surface area contributed by atoms with Crippen molar-refractivity contribution in [2.45, 2.75) is 9.96 Å². The Balaban J connectivity index is 1.42. The summed E-state index contributed by atoms with van der Waals surface area (Å²) >= 11 is 2.61. The maximum Gasteiger partial charge on any atom is 0.191 e. The Bertz CT molecular complexity index is 1260. The quantitative estimate of drug-likeness (QED) is 0.492. The molecule has 30 heavy (non-hydrogen) atoms. The topological polar surface area (TPSA) is 88.1 Å². The van der Waals surface area contributed by atoms with Gasteiger partial charge in [-0.15, -0.1) is 16.4 Å². The van der Waals surface area contributed by atoms with Gasteiger partial charge in [0, 0.05) is 53.4 Å². The summed E-state index contributed by atoms with van der Waals surface area (Å²) in [5.74, 6) is 0.833. The third-order valence-corrected chi connectivity index (χ3v) is 8.95. The van der Waals surface area contributed by atoms with E-state index >= 15 is 0 Å². The first-order valence-electron chi connectivity index (χ1n) is 9.53. The van der Waals surface area contributed by atoms with Gasteiger partial charge in [-0.2, -0.15) is 0 Å². The van der Waals surface area contributed by atoms with Crippen LogP contribution in [0.25, 0.3) is 21.3 Å². The zero-order chi connectivity index (χ0) is 20.6. The molecule has 7 nitrogen and oxygen atoms in total. The molecule has 4 heterocycles. The minimum Gasteiger partial charge on any atom is -0.354 e. The van der Waals surface area contributed by atoms with Crippen LogP contribution in [0, 0.1) is 0 Å². The SMILES string of the molecule is O=S(=O)(Cc1ccc(-c2csnn2)cc1)c1cc2c(N3CCNCC3)nccc2s1. The Morgan fingerprint density at radius 1 is 1.10 bits per heavy atom. The number of nitrogens with zero attached hydrogens (tertiary/aromatic N) is 4. The molecule has 1 fully saturated rings. The van der Waals surface area contributed by atoms with Crippen LogP contribution in [0.2, 0.25) is 0 Å². The van der Waals surface area contributed by atoms with Crippen molar-refractivity contribution in [2.24, 2.45) is 0 Å². The summed E-state index contributed by atoms with van der Waals surface area (Å²) in [6.45, 7) is 3.54. The second-order valence-electron chi connectivity index (χ2n) is 7.10. The average Bonchev–Trinajstić information content (AvgIpc) is 3.45. The average molecular weight is 458 g/mol. The van der Waals surface area contributed by atoms with Crippen molar-refractivity contribution in [3.63, 3.8) is 0 Å². The van der Waals surface area contributed by atoms with E-state index in [-0.39, 0.29) is 5.75 Å². The van der Waals surface area contributed by atoms with Crippen LogP contribution >= 0.6 is 22.9 Å². The molecule has 1 aliphatic heterocycles. The highest BCUT2D eigenvalue weighted by molar-refractivity contribution is 7.92. The predicted octanol–water partition coefficient (Wildman–Crippen LogP) is 3.20. The Morgan fingerprint density at radius 3 is 2.63 bits per heavy atom. The van der Waals surface area contributed by atoms with Gasteiger partial charge in [0.15, 0.2) is 9.84 Å². The molecule has 0 radical (unpaired) electrons. The monoisotopic (exact) mass is 457 g/mol. The zero-order valence-corrected chi connectivity index (χ0v) is 18.4. The fourth-order valence-corrected chi connectivity index (χ4v) is 6.83. The van der Waals surface area contributed by atoms with Crippen molar-refractivity contribution in [3.05, 3.63) is 53.5 Å². The molecular formula is C20H19N5O2S3. The number of aromatic nitrogens is 3. The van der Waals surface area contributed by atoms with Gasteiger partial charge in [0.2, 0.25) is 0 Å². The number of thiophene rings is 1. The Labute approximate surface area is 182 Å². The number of anilines is 1. The molecule has 0 atom stereocenters. The van der Waals surface area contributed by atoms with Crippen molar-refractivity contribution < 1.29 is 8.42 Å². The third-order valence-electron chi connectivity index (χ3n) is 5.09. The lowest BCUT2D eigenvalue weighted by Crippen LogP contribution is -2.43. The lowest BCUT2D eigenvalue weighted by molar-refractivity contribution is 0.586. The maximum atomic E-state index is 13.1. The molecule has 154 valence electrons. The molecule has 0 saturated carbocycles. The highest BCUT2D eigenvalue weighted by Crippen LogP contribution is 2.35. The van der Waals surface area contributed by atoms with E-state index in [2.05, 4.69) is 24.8 Å². The third kappa shape index (κ3) is 3.83. The smallest absolute Gasteiger partial charge is 0.191 e. The van der Waals surface area contributed by atoms with Crippen LogP contribution < -0.4 is 10.2 Å². The van der Waals surface area contributed by atoms with Gasteiger partial charge in [-0.1, -0.05) is 28.8 Å². The van der Waals surface area contributed by atoms with Gasteiger partial charge in [0.05, 0.1) is 5.75 Å². The first-order chi connectivity index (χ1) is 14.6. The van der Waals surface area contributed by atoms with Crippen molar-refractivity contribution >= 4 is 48.6 Å². The standard InChI is InChI=1S/C20H19N5O2S3/c26-30(27,13-14-1-3-15(4-2-14)17-12-28-24-23-17)19-11-16-18(29-19)5-6-22-20(16)25-9-7-21-8-10-25/h1-6,11-12,21H,7-10,13H2. The predicted molar refractivity (Wildman–Crippen MR) is 121 cm³/mol. The molecule has 5 rings (SSSR count). The van der Waals surface area contributed by atoms with Crippen LogP contribution in [-0.2, 0) is 15.6 Å². The number of rotatable bonds is 5. The second kappa shape index (κ2) is 8.03. The number of nitrogens with one attached hydrogen (secondary N) is 1. The summed E-state index contributed by atoms with van der Waals surface area (Å²) in [4.78, 5) is 6.76. The van der Waals surface area contributed by atoms with E-state index in [0.29, 0.717) is 4.21 Å². The molecule has 0 amide bonds. The lowest BCUT2D eigenvalue weighted by atomic mass is 10.1. The van der Waals surface area contributed by atoms with E-state index < -0.39 is 9.84 Å². The van der Waals surface area contributed by atoms with E-state index in [1.54, 1.807) is 12.3 Å². The molecule has 0 spiro atoms. The van der Waals surface area contributed by atoms with E-state index in [0.717, 1.165) is 58.9 Å². The van der Waals surface area contributed by atoms with Gasteiger partial charge < -0.3 is 10.2 Å². The van der Waals surface area contributed by atoms with E-state index in [1.807, 2.05) is 35.7 Å². The Kier molecular flexibility index (Phi) is 5.23. The first-order valence-corrected chi connectivity index (χ1v) is 12.8. The molecule has 1 aliphatic rings. The highest BCUT2D eigenvalue weighted by Gasteiger charge is 2.22. The van der Waals surface area contributed by atoms with Crippen LogP contribution in [0.3, 0.4) is 0 Å². The minimum absolute atomic E-state index is 0.0359. The fourth-order valence-electron chi connectivity index (χ4n) is 3.56. The molecule has 4 aromatic rings. The van der Waals surface area contributed by atoms with Crippen molar-refractivity contribution in [2.75, 3.05) is 31.1 Å². The van der Waals surface area contributed by atoms with Crippen LogP contribution in [0.15, 0.2) is 52.2 Å². The fraction of sp³-hybridized carbons (Fsp3) is 0.250. The minimum atomic E-state index is -3.46. The van der Waals surface area contributed by atoms with Gasteiger partial charge in [-0.3, -0.25) is 0 Å². The van der Waals surface area contributed by atoms with Crippen molar-refractivity contribution in [1.29, 1.82) is 0 Å². The summed E-state index contributed by atoms with van der Waals surface area (Å²) < 4.78 is 31.4. The molecule has 1 saturated heterocycles. The van der Waals surface area contributed by atoms with Crippen LogP contribution in [0.5, 0.6) is 0 Å². The van der Waals surface area contributed by atoms with Gasteiger partial charge in [0.1, 0.15) is 15.7 Å². The Morgan fingerprint density at radius 2 is 1.90 bits per heavy atom. The van der Waals surface area contributed by atoms with E-state index in [4.69, 9.17) is 0 Å². The number of fused-ring (bicyclic) bond motifs is 1. The van der Waals surface area contributed by atoms with Crippen LogP contribution in [-0.4, -0.2) is 49.2 Å². The van der Waals surface area contributed by atoms with Gasteiger partial charge >= 0.3 is 0 Å². The molecule has 0 bridgehead atoms. The number of benzene rings is 1. The van der Waals surface area contributed by atoms with Crippen molar-refractivity contribution in [1.82, 2.24) is 19.9 Å². The van der Waals surface area contributed by atoms with Gasteiger partial charge in [0.25, 0.3) is 0 Å². The molecule has 10 heteroatoms. The number of sulfone groups is 1. The summed E-state index contributed by atoms with van der Waals surface area (Å²) in [7, 11) is -3.46.